The fraction of sp³-hybridized carbons (Fsp3) is 0.316. The van der Waals surface area contributed by atoms with Gasteiger partial charge in [0.1, 0.15) is 15.5 Å². The molecule has 0 saturated carbocycles. The number of aromatic nitrogens is 2. The van der Waals surface area contributed by atoms with Gasteiger partial charge < -0.3 is 14.8 Å². The number of carbonyl (C=O) groups excluding carboxylic acids is 2. The van der Waals surface area contributed by atoms with Crippen LogP contribution in [-0.4, -0.2) is 34.9 Å². The molecule has 1 unspecified atom stereocenters. The Balaban J connectivity index is 1.61. The van der Waals surface area contributed by atoms with Crippen molar-refractivity contribution in [2.24, 2.45) is 7.05 Å². The lowest BCUT2D eigenvalue weighted by molar-refractivity contribution is -0.129. The molecule has 2 heterocycles. The number of methoxy groups -OCH3 is 1. The topological polar surface area (TPSA) is 82.4 Å². The molecule has 7 nitrogen and oxygen atoms in total. The number of nitrogens with zero attached hydrogens (tertiary/aromatic N) is 2. The van der Waals surface area contributed by atoms with Gasteiger partial charge in [-0.3, -0.25) is 9.48 Å². The molecule has 0 aliphatic carbocycles. The standard InChI is InChI=1S/C19H21N3O4S/c1-11-14-9-16(27-18(14)22(3)21-11)19(24)26-12(2)17(23)20-10-13-7-5-6-8-15(13)25-4/h5-9,12H,10H2,1-4H3,(H,20,23). The third-order valence-corrected chi connectivity index (χ3v) is 5.38. The van der Waals surface area contributed by atoms with Crippen LogP contribution in [0.4, 0.5) is 0 Å². The van der Waals surface area contributed by atoms with Crippen molar-refractivity contribution in [1.82, 2.24) is 15.1 Å². The zero-order valence-corrected chi connectivity index (χ0v) is 16.4. The molecule has 0 fully saturated rings. The summed E-state index contributed by atoms with van der Waals surface area (Å²) in [5, 5.41) is 7.99. The minimum absolute atomic E-state index is 0.290. The highest BCUT2D eigenvalue weighted by atomic mass is 32.1. The van der Waals surface area contributed by atoms with Crippen molar-refractivity contribution in [2.45, 2.75) is 26.5 Å². The molecule has 2 aromatic heterocycles. The van der Waals surface area contributed by atoms with Crippen LogP contribution in [-0.2, 0) is 23.1 Å². The number of para-hydroxylation sites is 1. The van der Waals surface area contributed by atoms with E-state index in [9.17, 15) is 9.59 Å². The number of hydrogen-bond donors (Lipinski definition) is 1. The van der Waals surface area contributed by atoms with Gasteiger partial charge in [-0.05, 0) is 26.0 Å². The Kier molecular flexibility index (Phi) is 5.46. The number of amides is 1. The van der Waals surface area contributed by atoms with Gasteiger partial charge in [0.05, 0.1) is 12.8 Å². The second kappa shape index (κ2) is 7.79. The lowest BCUT2D eigenvalue weighted by Gasteiger charge is -2.14. The van der Waals surface area contributed by atoms with Crippen LogP contribution in [0.15, 0.2) is 30.3 Å². The van der Waals surface area contributed by atoms with Crippen LogP contribution in [0.3, 0.4) is 0 Å². The second-order valence-electron chi connectivity index (χ2n) is 6.12. The maximum Gasteiger partial charge on any atom is 0.349 e. The van der Waals surface area contributed by atoms with E-state index in [-0.39, 0.29) is 5.91 Å². The first-order valence-corrected chi connectivity index (χ1v) is 9.26. The van der Waals surface area contributed by atoms with Crippen molar-refractivity contribution in [3.05, 3.63) is 46.5 Å². The third-order valence-electron chi connectivity index (χ3n) is 4.20. The molecule has 27 heavy (non-hydrogen) atoms. The summed E-state index contributed by atoms with van der Waals surface area (Å²) in [6.45, 7) is 3.73. The quantitative estimate of drug-likeness (QED) is 0.658. The highest BCUT2D eigenvalue weighted by Crippen LogP contribution is 2.28. The average Bonchev–Trinajstić information content (AvgIpc) is 3.21. The molecular weight excluding hydrogens is 366 g/mol. The fourth-order valence-electron chi connectivity index (χ4n) is 2.75. The number of rotatable bonds is 6. The maximum absolute atomic E-state index is 12.4. The van der Waals surface area contributed by atoms with Gasteiger partial charge in [-0.15, -0.1) is 11.3 Å². The minimum Gasteiger partial charge on any atom is -0.496 e. The SMILES string of the molecule is COc1ccccc1CNC(=O)C(C)OC(=O)c1cc2c(C)nn(C)c2s1. The van der Waals surface area contributed by atoms with E-state index >= 15 is 0 Å². The largest absolute Gasteiger partial charge is 0.496 e. The number of esters is 1. The molecule has 0 saturated heterocycles. The van der Waals surface area contributed by atoms with Gasteiger partial charge in [0.15, 0.2) is 6.10 Å². The van der Waals surface area contributed by atoms with E-state index in [1.807, 2.05) is 38.2 Å². The summed E-state index contributed by atoms with van der Waals surface area (Å²) < 4.78 is 12.3. The predicted octanol–water partition coefficient (Wildman–Crippen LogP) is 2.81. The zero-order chi connectivity index (χ0) is 19.6. The molecule has 8 heteroatoms. The number of carbonyl (C=O) groups is 2. The van der Waals surface area contributed by atoms with Crippen molar-refractivity contribution >= 4 is 33.4 Å². The number of hydrogen-bond acceptors (Lipinski definition) is 6. The Morgan fingerprint density at radius 2 is 2.07 bits per heavy atom. The number of ether oxygens (including phenoxy) is 2. The molecule has 0 radical (unpaired) electrons. The van der Waals surface area contributed by atoms with Crippen molar-refractivity contribution < 1.29 is 19.1 Å². The van der Waals surface area contributed by atoms with E-state index in [1.165, 1.54) is 11.3 Å². The number of benzene rings is 1. The molecule has 1 aromatic carbocycles. The Bertz CT molecular complexity index is 958. The monoisotopic (exact) mass is 387 g/mol. The maximum atomic E-state index is 12.4. The first-order valence-electron chi connectivity index (χ1n) is 8.44. The van der Waals surface area contributed by atoms with Crippen molar-refractivity contribution in [2.75, 3.05) is 7.11 Å². The molecule has 142 valence electrons. The first kappa shape index (κ1) is 18.9. The fourth-order valence-corrected chi connectivity index (χ4v) is 3.76. The van der Waals surface area contributed by atoms with Crippen LogP contribution in [0.1, 0.15) is 27.9 Å². The van der Waals surface area contributed by atoms with Gasteiger partial charge >= 0.3 is 5.97 Å². The summed E-state index contributed by atoms with van der Waals surface area (Å²) in [5.74, 6) is -0.194. The van der Waals surface area contributed by atoms with Crippen LogP contribution >= 0.6 is 11.3 Å². The Labute approximate surface area is 160 Å². The molecule has 1 N–H and O–H groups in total. The normalized spacial score (nSPS) is 12.0. The summed E-state index contributed by atoms with van der Waals surface area (Å²) in [6.07, 6.45) is -0.906. The highest BCUT2D eigenvalue weighted by molar-refractivity contribution is 7.20. The van der Waals surface area contributed by atoms with Crippen LogP contribution < -0.4 is 10.1 Å². The minimum atomic E-state index is -0.906. The van der Waals surface area contributed by atoms with Gasteiger partial charge in [-0.25, -0.2) is 4.79 Å². The smallest absolute Gasteiger partial charge is 0.349 e. The summed E-state index contributed by atoms with van der Waals surface area (Å²) in [6, 6.07) is 9.17. The number of thiophene rings is 1. The predicted molar refractivity (Wildman–Crippen MR) is 103 cm³/mol. The Morgan fingerprint density at radius 3 is 2.78 bits per heavy atom. The summed E-state index contributed by atoms with van der Waals surface area (Å²) in [5.41, 5.74) is 1.70. The van der Waals surface area contributed by atoms with Gasteiger partial charge in [-0.2, -0.15) is 5.10 Å². The number of aryl methyl sites for hydroxylation is 2. The van der Waals surface area contributed by atoms with Crippen LogP contribution in [0.25, 0.3) is 10.2 Å². The van der Waals surface area contributed by atoms with Crippen molar-refractivity contribution in [3.8, 4) is 5.75 Å². The summed E-state index contributed by atoms with van der Waals surface area (Å²) in [7, 11) is 3.40. The van der Waals surface area contributed by atoms with E-state index in [0.717, 1.165) is 21.5 Å². The molecule has 3 aromatic rings. The van der Waals surface area contributed by atoms with Crippen LogP contribution in [0.5, 0.6) is 5.75 Å². The van der Waals surface area contributed by atoms with Crippen molar-refractivity contribution in [1.29, 1.82) is 0 Å². The van der Waals surface area contributed by atoms with E-state index < -0.39 is 12.1 Å². The van der Waals surface area contributed by atoms with Crippen LogP contribution in [0, 0.1) is 6.92 Å². The first-order chi connectivity index (χ1) is 12.9. The molecule has 3 rings (SSSR count). The molecule has 0 aliphatic rings. The van der Waals surface area contributed by atoms with E-state index in [0.29, 0.717) is 17.2 Å². The molecule has 0 bridgehead atoms. The lowest BCUT2D eigenvalue weighted by atomic mass is 10.2. The Morgan fingerprint density at radius 1 is 1.33 bits per heavy atom. The van der Waals surface area contributed by atoms with Crippen LogP contribution in [0.2, 0.25) is 0 Å². The van der Waals surface area contributed by atoms with Gasteiger partial charge in [0, 0.05) is 24.5 Å². The molecular formula is C19H21N3O4S. The third kappa shape index (κ3) is 3.95. The summed E-state index contributed by atoms with van der Waals surface area (Å²) in [4.78, 5) is 26.0. The number of nitrogens with one attached hydrogen (secondary N) is 1. The molecule has 1 atom stereocenters. The van der Waals surface area contributed by atoms with E-state index in [2.05, 4.69) is 10.4 Å². The van der Waals surface area contributed by atoms with Gasteiger partial charge in [0.2, 0.25) is 0 Å². The number of fused-ring (bicyclic) bond motifs is 1. The van der Waals surface area contributed by atoms with E-state index in [4.69, 9.17) is 9.47 Å². The summed E-state index contributed by atoms with van der Waals surface area (Å²) >= 11 is 1.30. The molecule has 0 spiro atoms. The van der Waals surface area contributed by atoms with Gasteiger partial charge in [0.25, 0.3) is 5.91 Å². The Hall–Kier alpha value is -2.87. The van der Waals surface area contributed by atoms with E-state index in [1.54, 1.807) is 24.8 Å². The lowest BCUT2D eigenvalue weighted by Crippen LogP contribution is -2.35. The van der Waals surface area contributed by atoms with Crippen molar-refractivity contribution in [3.63, 3.8) is 0 Å². The average molecular weight is 387 g/mol. The second-order valence-corrected chi connectivity index (χ2v) is 7.15. The molecule has 0 aliphatic heterocycles. The highest BCUT2D eigenvalue weighted by Gasteiger charge is 2.22. The zero-order valence-electron chi connectivity index (χ0n) is 15.6. The van der Waals surface area contributed by atoms with Gasteiger partial charge in [-0.1, -0.05) is 18.2 Å². The molecule has 1 amide bonds.